The van der Waals surface area contributed by atoms with Crippen LogP contribution in [0.2, 0.25) is 0 Å². The lowest BCUT2D eigenvalue weighted by Crippen LogP contribution is -2.13. The highest BCUT2D eigenvalue weighted by Crippen LogP contribution is 2.65. The van der Waals surface area contributed by atoms with Crippen LogP contribution in [0.5, 0.6) is 5.75 Å². The van der Waals surface area contributed by atoms with Crippen LogP contribution in [0.25, 0.3) is 0 Å². The van der Waals surface area contributed by atoms with Gasteiger partial charge in [-0.1, -0.05) is 12.1 Å². The third-order valence-electron chi connectivity index (χ3n) is 3.91. The molecule has 0 radical (unpaired) electrons. The van der Waals surface area contributed by atoms with E-state index in [-0.39, 0.29) is 11.3 Å². The highest BCUT2D eigenvalue weighted by atomic mass is 16.3. The van der Waals surface area contributed by atoms with Crippen LogP contribution in [0.3, 0.4) is 0 Å². The average molecular weight is 202 g/mol. The summed E-state index contributed by atoms with van der Waals surface area (Å²) in [7, 11) is 0. The van der Waals surface area contributed by atoms with E-state index in [9.17, 15) is 9.90 Å². The molecule has 2 aliphatic rings. The van der Waals surface area contributed by atoms with Crippen LogP contribution in [0.15, 0.2) is 24.3 Å². The second-order valence-corrected chi connectivity index (χ2v) is 4.81. The van der Waals surface area contributed by atoms with Crippen molar-refractivity contribution in [3.8, 4) is 5.75 Å². The molecule has 15 heavy (non-hydrogen) atoms. The van der Waals surface area contributed by atoms with Crippen LogP contribution in [0.1, 0.15) is 24.8 Å². The van der Waals surface area contributed by atoms with Gasteiger partial charge in [-0.15, -0.1) is 0 Å². The summed E-state index contributed by atoms with van der Waals surface area (Å²) in [6.45, 7) is 0. The van der Waals surface area contributed by atoms with Gasteiger partial charge >= 0.3 is 0 Å². The fourth-order valence-electron chi connectivity index (χ4n) is 2.91. The van der Waals surface area contributed by atoms with Gasteiger partial charge in [-0.05, 0) is 42.9 Å². The first-order valence-electron chi connectivity index (χ1n) is 5.52. The van der Waals surface area contributed by atoms with Gasteiger partial charge in [0.2, 0.25) is 0 Å². The van der Waals surface area contributed by atoms with Crippen LogP contribution in [-0.2, 0) is 10.2 Å². The number of aromatic hydroxyl groups is 1. The number of phenolic OH excluding ortho intramolecular Hbond substituents is 1. The first kappa shape index (κ1) is 8.96. The molecule has 78 valence electrons. The first-order valence-corrected chi connectivity index (χ1v) is 5.52. The van der Waals surface area contributed by atoms with Gasteiger partial charge in [0.25, 0.3) is 0 Å². The minimum atomic E-state index is 0.0838. The summed E-state index contributed by atoms with van der Waals surface area (Å²) in [6, 6.07) is 7.42. The molecule has 2 fully saturated rings. The van der Waals surface area contributed by atoms with E-state index in [4.69, 9.17) is 0 Å². The van der Waals surface area contributed by atoms with Crippen LogP contribution in [0, 0.1) is 11.8 Å². The van der Waals surface area contributed by atoms with E-state index >= 15 is 0 Å². The Kier molecular flexibility index (Phi) is 1.70. The molecule has 0 aliphatic heterocycles. The van der Waals surface area contributed by atoms with Gasteiger partial charge in [0.15, 0.2) is 0 Å². The Morgan fingerprint density at radius 2 is 2.20 bits per heavy atom. The summed E-state index contributed by atoms with van der Waals surface area (Å²) in [5, 5.41) is 9.48. The molecule has 2 atom stereocenters. The molecule has 0 aromatic heterocycles. The van der Waals surface area contributed by atoms with Crippen LogP contribution in [0.4, 0.5) is 0 Å². The molecular weight excluding hydrogens is 188 g/mol. The largest absolute Gasteiger partial charge is 0.508 e. The standard InChI is InChI=1S/C13H14O2/c14-8-11-7-13(11,9-4-5-9)10-2-1-3-12(15)6-10/h1-3,6,8-9,11,15H,4-5,7H2. The molecule has 1 N–H and O–H groups in total. The number of hydrogen-bond donors (Lipinski definition) is 1. The third kappa shape index (κ3) is 1.21. The second-order valence-electron chi connectivity index (χ2n) is 4.81. The van der Waals surface area contributed by atoms with Gasteiger partial charge in [0.05, 0.1) is 0 Å². The molecule has 1 aromatic rings. The van der Waals surface area contributed by atoms with Crippen LogP contribution >= 0.6 is 0 Å². The van der Waals surface area contributed by atoms with E-state index in [2.05, 4.69) is 0 Å². The molecular formula is C13H14O2. The maximum Gasteiger partial charge on any atom is 0.124 e. The number of benzene rings is 1. The van der Waals surface area contributed by atoms with Crippen LogP contribution < -0.4 is 0 Å². The van der Waals surface area contributed by atoms with E-state index in [1.165, 1.54) is 12.8 Å². The van der Waals surface area contributed by atoms with Crippen molar-refractivity contribution in [2.45, 2.75) is 24.7 Å². The lowest BCUT2D eigenvalue weighted by Gasteiger charge is -2.15. The van der Waals surface area contributed by atoms with Gasteiger partial charge in [0, 0.05) is 11.3 Å². The number of carbonyl (C=O) groups is 1. The third-order valence-corrected chi connectivity index (χ3v) is 3.91. The maximum absolute atomic E-state index is 10.9. The number of rotatable bonds is 3. The minimum Gasteiger partial charge on any atom is -0.508 e. The normalized spacial score (nSPS) is 33.7. The van der Waals surface area contributed by atoms with Crippen molar-refractivity contribution in [1.82, 2.24) is 0 Å². The first-order chi connectivity index (χ1) is 7.27. The van der Waals surface area contributed by atoms with Crippen LogP contribution in [-0.4, -0.2) is 11.4 Å². The Bertz CT molecular complexity index is 409. The van der Waals surface area contributed by atoms with E-state index in [0.29, 0.717) is 11.7 Å². The Balaban J connectivity index is 2.00. The number of aldehydes is 1. The summed E-state index contributed by atoms with van der Waals surface area (Å²) in [5.74, 6) is 1.17. The van der Waals surface area contributed by atoms with Gasteiger partial charge in [-0.2, -0.15) is 0 Å². The Hall–Kier alpha value is -1.31. The number of carbonyl (C=O) groups excluding carboxylic acids is 1. The summed E-state index contributed by atoms with van der Waals surface area (Å²) in [5.41, 5.74) is 1.24. The fraction of sp³-hybridized carbons (Fsp3) is 0.462. The average Bonchev–Trinajstić information content (AvgIpc) is 3.11. The summed E-state index contributed by atoms with van der Waals surface area (Å²) < 4.78 is 0. The molecule has 2 nitrogen and oxygen atoms in total. The lowest BCUT2D eigenvalue weighted by atomic mass is 9.88. The second kappa shape index (κ2) is 2.84. The zero-order valence-corrected chi connectivity index (χ0v) is 8.52. The highest BCUT2D eigenvalue weighted by molar-refractivity contribution is 5.65. The molecule has 1 aromatic carbocycles. The molecule has 0 amide bonds. The van der Waals surface area contributed by atoms with Crippen molar-refractivity contribution in [3.05, 3.63) is 29.8 Å². The molecule has 0 saturated heterocycles. The van der Waals surface area contributed by atoms with E-state index < -0.39 is 0 Å². The predicted octanol–water partition coefficient (Wildman–Crippen LogP) is 2.26. The molecule has 2 heteroatoms. The smallest absolute Gasteiger partial charge is 0.124 e. The van der Waals surface area contributed by atoms with Crippen molar-refractivity contribution in [3.63, 3.8) is 0 Å². The number of phenols is 1. The van der Waals surface area contributed by atoms with Gasteiger partial charge in [-0.25, -0.2) is 0 Å². The lowest BCUT2D eigenvalue weighted by molar-refractivity contribution is -0.109. The molecule has 2 saturated carbocycles. The molecule has 0 heterocycles. The molecule has 2 aliphatic carbocycles. The molecule has 0 spiro atoms. The fourth-order valence-corrected chi connectivity index (χ4v) is 2.91. The Morgan fingerprint density at radius 1 is 1.40 bits per heavy atom. The number of hydrogen-bond acceptors (Lipinski definition) is 2. The van der Waals surface area contributed by atoms with E-state index in [0.717, 1.165) is 18.3 Å². The van der Waals surface area contributed by atoms with Crippen molar-refractivity contribution in [1.29, 1.82) is 0 Å². The van der Waals surface area contributed by atoms with Gasteiger partial charge in [0.1, 0.15) is 12.0 Å². The topological polar surface area (TPSA) is 37.3 Å². The maximum atomic E-state index is 10.9. The van der Waals surface area contributed by atoms with Gasteiger partial charge in [-0.3, -0.25) is 0 Å². The Labute approximate surface area is 88.9 Å². The molecule has 0 bridgehead atoms. The zero-order valence-electron chi connectivity index (χ0n) is 8.52. The summed E-state index contributed by atoms with van der Waals surface area (Å²) in [4.78, 5) is 10.9. The summed E-state index contributed by atoms with van der Waals surface area (Å²) in [6.07, 6.45) is 4.53. The molecule has 2 unspecified atom stereocenters. The van der Waals surface area contributed by atoms with Crippen molar-refractivity contribution >= 4 is 6.29 Å². The predicted molar refractivity (Wildman–Crippen MR) is 56.7 cm³/mol. The quantitative estimate of drug-likeness (QED) is 0.763. The summed E-state index contributed by atoms with van der Waals surface area (Å²) >= 11 is 0. The minimum absolute atomic E-state index is 0.0838. The van der Waals surface area contributed by atoms with Crippen molar-refractivity contribution in [2.75, 3.05) is 0 Å². The van der Waals surface area contributed by atoms with E-state index in [1.54, 1.807) is 6.07 Å². The SMILES string of the molecule is O=CC1CC1(c1cccc(O)c1)C1CC1. The Morgan fingerprint density at radius 3 is 2.73 bits per heavy atom. The zero-order chi connectivity index (χ0) is 10.5. The monoisotopic (exact) mass is 202 g/mol. The van der Waals surface area contributed by atoms with Crippen molar-refractivity contribution in [2.24, 2.45) is 11.8 Å². The molecule has 3 rings (SSSR count). The highest BCUT2D eigenvalue weighted by Gasteiger charge is 2.62. The van der Waals surface area contributed by atoms with E-state index in [1.807, 2.05) is 18.2 Å². The van der Waals surface area contributed by atoms with Gasteiger partial charge < -0.3 is 9.90 Å². The van der Waals surface area contributed by atoms with Crippen molar-refractivity contribution < 1.29 is 9.90 Å².